The van der Waals surface area contributed by atoms with Crippen LogP contribution in [0.15, 0.2) is 48.2 Å². The lowest BCUT2D eigenvalue weighted by Gasteiger charge is -2.37. The van der Waals surface area contributed by atoms with Crippen LogP contribution in [0, 0.1) is 29.1 Å². The van der Waals surface area contributed by atoms with Gasteiger partial charge in [-0.15, -0.1) is 0 Å². The van der Waals surface area contributed by atoms with Gasteiger partial charge in [-0.05, 0) is 75.1 Å². The minimum absolute atomic E-state index is 0.00594. The topological polar surface area (TPSA) is 82.4 Å². The first kappa shape index (κ1) is 25.6. The molecule has 0 bridgehead atoms. The number of carbonyl (C=O) groups excluding carboxylic acids is 2. The molecule has 1 fully saturated rings. The summed E-state index contributed by atoms with van der Waals surface area (Å²) in [5, 5.41) is 12.2. The molecular weight excluding hydrogens is 426 g/mol. The normalized spacial score (nSPS) is 23.3. The third kappa shape index (κ3) is 6.72. The molecule has 0 spiro atoms. The van der Waals surface area contributed by atoms with Gasteiger partial charge in [-0.1, -0.05) is 31.2 Å². The fourth-order valence-electron chi connectivity index (χ4n) is 5.01. The molecule has 1 aromatic rings. The van der Waals surface area contributed by atoms with Gasteiger partial charge in [0.1, 0.15) is 0 Å². The summed E-state index contributed by atoms with van der Waals surface area (Å²) in [5.74, 6) is -0.389. The van der Waals surface area contributed by atoms with E-state index >= 15 is 0 Å². The Kier molecular flexibility index (Phi) is 9.33. The first-order valence-electron chi connectivity index (χ1n) is 12.4. The van der Waals surface area contributed by atoms with Crippen molar-refractivity contribution in [2.75, 3.05) is 20.2 Å². The number of nitriles is 1. The molecule has 1 aromatic carbocycles. The fraction of sp³-hybridized carbons (Fsp3) is 0.536. The van der Waals surface area contributed by atoms with Gasteiger partial charge in [0, 0.05) is 30.7 Å². The van der Waals surface area contributed by atoms with Crippen molar-refractivity contribution in [1.29, 1.82) is 5.26 Å². The molecule has 0 saturated carbocycles. The molecule has 0 radical (unpaired) electrons. The third-order valence-electron chi connectivity index (χ3n) is 7.14. The van der Waals surface area contributed by atoms with Gasteiger partial charge in [-0.2, -0.15) is 5.26 Å². The molecule has 1 N–H and O–H groups in total. The standard InChI is InChI=1S/C28H37N3O3/c1-20-9-6-4-5-7-12-26(20)31-15-13-24(14-16-31)27(32)30-21(2)25(28(33)34-3)18-22-10-8-11-23(17-22)19-29/h5,7-8,10-12,17,20-21,24-25H,4,6,9,13-16,18H2,1-3H3,(H,30,32)/b7-5-,26-12+. The lowest BCUT2D eigenvalue weighted by Crippen LogP contribution is -2.47. The molecule has 1 heterocycles. The van der Waals surface area contributed by atoms with E-state index in [1.54, 1.807) is 18.2 Å². The van der Waals surface area contributed by atoms with E-state index in [-0.39, 0.29) is 23.8 Å². The number of benzene rings is 1. The van der Waals surface area contributed by atoms with Crippen molar-refractivity contribution >= 4 is 11.9 Å². The largest absolute Gasteiger partial charge is 0.469 e. The molecule has 1 aliphatic carbocycles. The van der Waals surface area contributed by atoms with Crippen LogP contribution >= 0.6 is 0 Å². The van der Waals surface area contributed by atoms with Crippen molar-refractivity contribution in [2.45, 2.75) is 58.4 Å². The van der Waals surface area contributed by atoms with Gasteiger partial charge in [-0.3, -0.25) is 9.59 Å². The molecule has 0 aromatic heterocycles. The maximum atomic E-state index is 13.1. The number of esters is 1. The number of hydrogen-bond donors (Lipinski definition) is 1. The van der Waals surface area contributed by atoms with Gasteiger partial charge in [0.25, 0.3) is 0 Å². The lowest BCUT2D eigenvalue weighted by atomic mass is 9.89. The molecule has 6 nitrogen and oxygen atoms in total. The number of likely N-dealkylation sites (tertiary alicyclic amines) is 1. The highest BCUT2D eigenvalue weighted by atomic mass is 16.5. The Morgan fingerprint density at radius 3 is 2.74 bits per heavy atom. The van der Waals surface area contributed by atoms with E-state index in [1.807, 2.05) is 13.0 Å². The zero-order chi connectivity index (χ0) is 24.5. The number of nitrogens with one attached hydrogen (secondary N) is 1. The van der Waals surface area contributed by atoms with Crippen LogP contribution in [0.4, 0.5) is 0 Å². The van der Waals surface area contributed by atoms with Crippen LogP contribution in [0.25, 0.3) is 0 Å². The van der Waals surface area contributed by atoms with E-state index < -0.39 is 5.92 Å². The van der Waals surface area contributed by atoms with Crippen LogP contribution in [0.5, 0.6) is 0 Å². The van der Waals surface area contributed by atoms with Crippen LogP contribution in [-0.4, -0.2) is 43.0 Å². The molecule has 3 atom stereocenters. The second-order valence-corrected chi connectivity index (χ2v) is 9.56. The summed E-state index contributed by atoms with van der Waals surface area (Å²) in [4.78, 5) is 28.0. The SMILES string of the molecule is COC(=O)C(Cc1cccc(C#N)c1)C(C)NC(=O)C1CCN(/C2=C/C=C\CCCC2C)CC1. The summed E-state index contributed by atoms with van der Waals surface area (Å²) < 4.78 is 5.03. The number of allylic oxidation sites excluding steroid dienone is 4. The monoisotopic (exact) mass is 463 g/mol. The highest BCUT2D eigenvalue weighted by Gasteiger charge is 2.32. The summed E-state index contributed by atoms with van der Waals surface area (Å²) in [6, 6.07) is 8.96. The number of hydrogen-bond acceptors (Lipinski definition) is 5. The quantitative estimate of drug-likeness (QED) is 0.607. The fourth-order valence-corrected chi connectivity index (χ4v) is 5.01. The van der Waals surface area contributed by atoms with E-state index in [9.17, 15) is 9.59 Å². The van der Waals surface area contributed by atoms with E-state index in [0.717, 1.165) is 37.9 Å². The number of rotatable bonds is 7. The van der Waals surface area contributed by atoms with Gasteiger partial charge in [-0.25, -0.2) is 0 Å². The second-order valence-electron chi connectivity index (χ2n) is 9.56. The van der Waals surface area contributed by atoms with E-state index in [0.29, 0.717) is 17.9 Å². The average Bonchev–Trinajstić information content (AvgIpc) is 2.84. The lowest BCUT2D eigenvalue weighted by molar-refractivity contribution is -0.146. The number of carbonyl (C=O) groups is 2. The first-order valence-corrected chi connectivity index (χ1v) is 12.4. The van der Waals surface area contributed by atoms with E-state index in [4.69, 9.17) is 10.00 Å². The van der Waals surface area contributed by atoms with Gasteiger partial charge >= 0.3 is 5.97 Å². The zero-order valence-electron chi connectivity index (χ0n) is 20.6. The molecule has 3 unspecified atom stereocenters. The molecular formula is C28H37N3O3. The van der Waals surface area contributed by atoms with Crippen molar-refractivity contribution in [3.8, 4) is 6.07 Å². The van der Waals surface area contributed by atoms with Crippen LogP contribution in [-0.2, 0) is 20.7 Å². The van der Waals surface area contributed by atoms with Crippen LogP contribution in [0.2, 0.25) is 0 Å². The Morgan fingerprint density at radius 2 is 2.03 bits per heavy atom. The Morgan fingerprint density at radius 1 is 1.26 bits per heavy atom. The number of amides is 1. The number of methoxy groups -OCH3 is 1. The van der Waals surface area contributed by atoms with Gasteiger partial charge in [0.05, 0.1) is 24.7 Å². The molecule has 34 heavy (non-hydrogen) atoms. The summed E-state index contributed by atoms with van der Waals surface area (Å²) in [6.07, 6.45) is 12.2. The molecule has 2 aliphatic rings. The number of piperidine rings is 1. The van der Waals surface area contributed by atoms with Crippen molar-refractivity contribution in [2.24, 2.45) is 17.8 Å². The van der Waals surface area contributed by atoms with Gasteiger partial charge < -0.3 is 15.0 Å². The minimum atomic E-state index is -0.518. The first-order chi connectivity index (χ1) is 16.4. The van der Waals surface area contributed by atoms with E-state index in [2.05, 4.69) is 41.4 Å². The van der Waals surface area contributed by atoms with Crippen LogP contribution in [0.1, 0.15) is 57.1 Å². The second kappa shape index (κ2) is 12.4. The Balaban J connectivity index is 1.59. The molecule has 1 amide bonds. The molecule has 182 valence electrons. The summed E-state index contributed by atoms with van der Waals surface area (Å²) in [6.45, 7) is 5.90. The van der Waals surface area contributed by atoms with Crippen molar-refractivity contribution in [3.63, 3.8) is 0 Å². The molecule has 3 rings (SSSR count). The number of nitrogens with zero attached hydrogens (tertiary/aromatic N) is 2. The number of ether oxygens (including phenoxy) is 1. The van der Waals surface area contributed by atoms with Crippen molar-refractivity contribution < 1.29 is 14.3 Å². The Bertz CT molecular complexity index is 954. The van der Waals surface area contributed by atoms with Gasteiger partial charge in [0.15, 0.2) is 0 Å². The van der Waals surface area contributed by atoms with Crippen LogP contribution < -0.4 is 5.32 Å². The van der Waals surface area contributed by atoms with Crippen molar-refractivity contribution in [3.05, 3.63) is 59.3 Å². The summed E-state index contributed by atoms with van der Waals surface area (Å²) in [7, 11) is 1.37. The van der Waals surface area contributed by atoms with E-state index in [1.165, 1.54) is 25.6 Å². The summed E-state index contributed by atoms with van der Waals surface area (Å²) in [5.41, 5.74) is 2.81. The molecule has 1 saturated heterocycles. The third-order valence-corrected chi connectivity index (χ3v) is 7.14. The van der Waals surface area contributed by atoms with Gasteiger partial charge in [0.2, 0.25) is 5.91 Å². The molecule has 6 heteroatoms. The highest BCUT2D eigenvalue weighted by molar-refractivity contribution is 5.80. The van der Waals surface area contributed by atoms with Crippen molar-refractivity contribution in [1.82, 2.24) is 10.2 Å². The Hall–Kier alpha value is -3.07. The highest BCUT2D eigenvalue weighted by Crippen LogP contribution is 2.28. The molecule has 1 aliphatic heterocycles. The Labute approximate surface area is 203 Å². The minimum Gasteiger partial charge on any atom is -0.469 e. The summed E-state index contributed by atoms with van der Waals surface area (Å²) >= 11 is 0. The van der Waals surface area contributed by atoms with Crippen LogP contribution in [0.3, 0.4) is 0 Å². The predicted molar refractivity (Wildman–Crippen MR) is 133 cm³/mol. The maximum Gasteiger partial charge on any atom is 0.311 e. The zero-order valence-corrected chi connectivity index (χ0v) is 20.6. The predicted octanol–water partition coefficient (Wildman–Crippen LogP) is 4.37. The average molecular weight is 464 g/mol. The smallest absolute Gasteiger partial charge is 0.311 e. The maximum absolute atomic E-state index is 13.1.